The van der Waals surface area contributed by atoms with Crippen molar-refractivity contribution in [3.8, 4) is 0 Å². The molecular formula is C18H26N4O2S. The number of fused-ring (bicyclic) bond motifs is 1. The van der Waals surface area contributed by atoms with Crippen LogP contribution in [0.1, 0.15) is 49.9 Å². The van der Waals surface area contributed by atoms with Gasteiger partial charge in [0.05, 0.1) is 15.9 Å². The van der Waals surface area contributed by atoms with Gasteiger partial charge in [-0.15, -0.1) is 0 Å². The van der Waals surface area contributed by atoms with E-state index in [0.29, 0.717) is 11.5 Å². The minimum absolute atomic E-state index is 0.0767. The average Bonchev–Trinajstić information content (AvgIpc) is 2.90. The smallest absolute Gasteiger partial charge is 0.253 e. The lowest BCUT2D eigenvalue weighted by molar-refractivity contribution is -0.00257. The Kier molecular flexibility index (Phi) is 4.97. The van der Waals surface area contributed by atoms with Crippen LogP contribution in [0.3, 0.4) is 0 Å². The van der Waals surface area contributed by atoms with Crippen molar-refractivity contribution in [2.24, 2.45) is 18.0 Å². The summed E-state index contributed by atoms with van der Waals surface area (Å²) in [5, 5.41) is 13.3. The molecule has 1 fully saturated rings. The first kappa shape index (κ1) is 18.1. The molecule has 2 aromatic rings. The molecule has 1 amide bonds. The molecule has 2 aromatic heterocycles. The maximum absolute atomic E-state index is 12.6. The van der Waals surface area contributed by atoms with Crippen LogP contribution in [-0.4, -0.2) is 39.3 Å². The summed E-state index contributed by atoms with van der Waals surface area (Å²) in [6, 6.07) is 2.06. The molecule has 7 heteroatoms. The van der Waals surface area contributed by atoms with Crippen molar-refractivity contribution in [2.75, 3.05) is 7.05 Å². The molecule has 1 aliphatic rings. The Hall–Kier alpha value is -1.73. The minimum Gasteiger partial charge on any atom is -0.390 e. The van der Waals surface area contributed by atoms with Crippen LogP contribution in [0.5, 0.6) is 0 Å². The van der Waals surface area contributed by atoms with E-state index >= 15 is 0 Å². The minimum atomic E-state index is -0.638. The van der Waals surface area contributed by atoms with Gasteiger partial charge in [0.15, 0.2) is 10.4 Å². The van der Waals surface area contributed by atoms with E-state index in [4.69, 9.17) is 0 Å². The number of hydrogen-bond donors (Lipinski definition) is 2. The third kappa shape index (κ3) is 3.77. The van der Waals surface area contributed by atoms with Gasteiger partial charge in [0, 0.05) is 26.3 Å². The number of aryl methyl sites for hydroxylation is 1. The molecule has 2 N–H and O–H groups in total. The molecule has 2 heterocycles. The summed E-state index contributed by atoms with van der Waals surface area (Å²) in [7, 11) is 3.68. The fourth-order valence-corrected chi connectivity index (χ4v) is 4.53. The third-order valence-electron chi connectivity index (χ3n) is 5.15. The summed E-state index contributed by atoms with van der Waals surface area (Å²) < 4.78 is 2.89. The van der Waals surface area contributed by atoms with E-state index < -0.39 is 5.60 Å². The Balaban J connectivity index is 1.69. The fourth-order valence-electron chi connectivity index (χ4n) is 3.55. The highest BCUT2D eigenvalue weighted by molar-refractivity contribution is 7.16. The first-order valence-corrected chi connectivity index (χ1v) is 9.53. The van der Waals surface area contributed by atoms with Gasteiger partial charge in [0.25, 0.3) is 5.91 Å². The van der Waals surface area contributed by atoms with E-state index in [2.05, 4.69) is 15.3 Å². The highest BCUT2D eigenvalue weighted by Crippen LogP contribution is 2.32. The number of hydrogen-bond acceptors (Lipinski definition) is 5. The lowest BCUT2D eigenvalue weighted by Crippen LogP contribution is -2.41. The SMILES string of the molecule is C/N=c1/sc2cc(C(=O)NC3CCC(C(C)(C)O)CC3)cnc2n1C. The van der Waals surface area contributed by atoms with E-state index in [0.717, 1.165) is 40.8 Å². The summed E-state index contributed by atoms with van der Waals surface area (Å²) in [5.74, 6) is 0.230. The molecule has 0 saturated heterocycles. The predicted molar refractivity (Wildman–Crippen MR) is 99.6 cm³/mol. The monoisotopic (exact) mass is 362 g/mol. The fraction of sp³-hybridized carbons (Fsp3) is 0.611. The lowest BCUT2D eigenvalue weighted by atomic mass is 9.77. The lowest BCUT2D eigenvalue weighted by Gasteiger charge is -2.36. The summed E-state index contributed by atoms with van der Waals surface area (Å²) >= 11 is 1.53. The predicted octanol–water partition coefficient (Wildman–Crippen LogP) is 2.22. The number of carbonyl (C=O) groups is 1. The van der Waals surface area contributed by atoms with Gasteiger partial charge < -0.3 is 15.0 Å². The number of pyridine rings is 1. The number of rotatable bonds is 3. The second-order valence-corrected chi connectivity index (χ2v) is 8.40. The van der Waals surface area contributed by atoms with Crippen molar-refractivity contribution >= 4 is 27.6 Å². The van der Waals surface area contributed by atoms with Crippen molar-refractivity contribution in [1.29, 1.82) is 0 Å². The van der Waals surface area contributed by atoms with E-state index in [1.165, 1.54) is 11.3 Å². The zero-order valence-corrected chi connectivity index (χ0v) is 16.1. The van der Waals surface area contributed by atoms with Gasteiger partial charge in [-0.1, -0.05) is 11.3 Å². The Labute approximate surface area is 151 Å². The number of aliphatic hydroxyl groups is 1. The van der Waals surface area contributed by atoms with Crippen molar-refractivity contribution in [3.63, 3.8) is 0 Å². The largest absolute Gasteiger partial charge is 0.390 e. The zero-order valence-electron chi connectivity index (χ0n) is 15.2. The molecule has 6 nitrogen and oxygen atoms in total. The van der Waals surface area contributed by atoms with Gasteiger partial charge in [-0.2, -0.15) is 0 Å². The van der Waals surface area contributed by atoms with Crippen LogP contribution in [0.25, 0.3) is 10.3 Å². The first-order chi connectivity index (χ1) is 11.8. The summed E-state index contributed by atoms with van der Waals surface area (Å²) in [6.45, 7) is 3.74. The number of carbonyl (C=O) groups excluding carboxylic acids is 1. The first-order valence-electron chi connectivity index (χ1n) is 8.71. The summed E-state index contributed by atoms with van der Waals surface area (Å²) in [5.41, 5.74) is 0.787. The molecule has 1 saturated carbocycles. The quantitative estimate of drug-likeness (QED) is 0.879. The normalized spacial score (nSPS) is 22.4. The Morgan fingerprint density at radius 3 is 2.68 bits per heavy atom. The number of amides is 1. The van der Waals surface area contributed by atoms with E-state index in [-0.39, 0.29) is 11.9 Å². The second kappa shape index (κ2) is 6.88. The Morgan fingerprint density at radius 2 is 2.08 bits per heavy atom. The number of aromatic nitrogens is 2. The van der Waals surface area contributed by atoms with Gasteiger partial charge in [0.1, 0.15) is 0 Å². The molecular weight excluding hydrogens is 336 g/mol. The van der Waals surface area contributed by atoms with Crippen LogP contribution in [0.15, 0.2) is 17.3 Å². The van der Waals surface area contributed by atoms with Crippen molar-refractivity contribution in [3.05, 3.63) is 22.6 Å². The summed E-state index contributed by atoms with van der Waals surface area (Å²) in [6.07, 6.45) is 5.32. The molecule has 1 aliphatic carbocycles. The highest BCUT2D eigenvalue weighted by atomic mass is 32.1. The molecule has 25 heavy (non-hydrogen) atoms. The molecule has 0 radical (unpaired) electrons. The molecule has 0 bridgehead atoms. The molecule has 136 valence electrons. The maximum Gasteiger partial charge on any atom is 0.253 e. The molecule has 0 aliphatic heterocycles. The average molecular weight is 362 g/mol. The van der Waals surface area contributed by atoms with Crippen LogP contribution >= 0.6 is 11.3 Å². The Morgan fingerprint density at radius 1 is 1.40 bits per heavy atom. The number of nitrogens with zero attached hydrogens (tertiary/aromatic N) is 3. The van der Waals surface area contributed by atoms with Gasteiger partial charge >= 0.3 is 0 Å². The van der Waals surface area contributed by atoms with E-state index in [1.54, 1.807) is 13.2 Å². The van der Waals surface area contributed by atoms with E-state index in [1.807, 2.05) is 31.5 Å². The number of thiazole rings is 1. The molecule has 0 atom stereocenters. The van der Waals surface area contributed by atoms with Crippen LogP contribution < -0.4 is 10.1 Å². The summed E-state index contributed by atoms with van der Waals surface area (Å²) in [4.78, 5) is 22.1. The van der Waals surface area contributed by atoms with Crippen LogP contribution in [-0.2, 0) is 7.05 Å². The number of nitrogens with one attached hydrogen (secondary N) is 1. The van der Waals surface area contributed by atoms with Crippen LogP contribution in [0.4, 0.5) is 0 Å². The molecule has 0 spiro atoms. The topological polar surface area (TPSA) is 79.5 Å². The third-order valence-corrected chi connectivity index (χ3v) is 6.31. The van der Waals surface area contributed by atoms with Gasteiger partial charge in [-0.3, -0.25) is 9.79 Å². The van der Waals surface area contributed by atoms with Gasteiger partial charge in [-0.05, 0) is 51.5 Å². The van der Waals surface area contributed by atoms with E-state index in [9.17, 15) is 9.90 Å². The maximum atomic E-state index is 12.6. The van der Waals surface area contributed by atoms with Crippen LogP contribution in [0.2, 0.25) is 0 Å². The molecule has 3 rings (SSSR count). The molecule has 0 unspecified atom stereocenters. The van der Waals surface area contributed by atoms with Crippen molar-refractivity contribution in [2.45, 2.75) is 51.2 Å². The standard InChI is InChI=1S/C18H26N4O2S/c1-18(2,24)12-5-7-13(8-6-12)21-16(23)11-9-14-15(20-10-11)22(4)17(19-3)25-14/h9-10,12-13,24H,5-8H2,1-4H3,(H,21,23)/b19-17+. The second-order valence-electron chi connectivity index (χ2n) is 7.39. The molecule has 0 aromatic carbocycles. The van der Waals surface area contributed by atoms with Crippen molar-refractivity contribution in [1.82, 2.24) is 14.9 Å². The highest BCUT2D eigenvalue weighted by Gasteiger charge is 2.31. The van der Waals surface area contributed by atoms with Crippen LogP contribution in [0, 0.1) is 5.92 Å². The van der Waals surface area contributed by atoms with Gasteiger partial charge in [0.2, 0.25) is 0 Å². The zero-order chi connectivity index (χ0) is 18.2. The van der Waals surface area contributed by atoms with Gasteiger partial charge in [-0.25, -0.2) is 4.98 Å². The Bertz CT molecular complexity index is 839. The van der Waals surface area contributed by atoms with Crippen molar-refractivity contribution < 1.29 is 9.90 Å².